The summed E-state index contributed by atoms with van der Waals surface area (Å²) in [5.74, 6) is 2.24. The maximum absolute atomic E-state index is 10.8. The topological polar surface area (TPSA) is 41.1 Å². The normalized spacial score (nSPS) is 15.2. The standard InChI is InChI=1S/C9H14N2O/c1-2-3-9(12)11-7-6-10-8-4-5-8/h1,8,10H,3-7H2,(H,11,12). The van der Waals surface area contributed by atoms with Gasteiger partial charge in [-0.2, -0.15) is 0 Å². The van der Waals surface area contributed by atoms with Gasteiger partial charge >= 0.3 is 0 Å². The van der Waals surface area contributed by atoms with E-state index in [-0.39, 0.29) is 12.3 Å². The van der Waals surface area contributed by atoms with Crippen molar-refractivity contribution in [3.05, 3.63) is 0 Å². The number of rotatable bonds is 5. The smallest absolute Gasteiger partial charge is 0.232 e. The van der Waals surface area contributed by atoms with E-state index in [2.05, 4.69) is 16.6 Å². The van der Waals surface area contributed by atoms with Gasteiger partial charge < -0.3 is 10.6 Å². The Hall–Kier alpha value is -1.01. The maximum Gasteiger partial charge on any atom is 0.232 e. The van der Waals surface area contributed by atoms with Gasteiger partial charge in [-0.15, -0.1) is 6.42 Å². The first-order chi connectivity index (χ1) is 5.83. The molecule has 1 rings (SSSR count). The first-order valence-corrected chi connectivity index (χ1v) is 4.26. The first-order valence-electron chi connectivity index (χ1n) is 4.26. The lowest BCUT2D eigenvalue weighted by atomic mass is 10.4. The Balaban J connectivity index is 1.87. The van der Waals surface area contributed by atoms with Crippen LogP contribution in [0.1, 0.15) is 19.3 Å². The molecule has 0 heterocycles. The van der Waals surface area contributed by atoms with Crippen molar-refractivity contribution in [3.63, 3.8) is 0 Å². The predicted molar refractivity (Wildman–Crippen MR) is 47.5 cm³/mol. The van der Waals surface area contributed by atoms with Crippen LogP contribution in [0.25, 0.3) is 0 Å². The summed E-state index contributed by atoms with van der Waals surface area (Å²) in [5, 5.41) is 6.01. The third-order valence-corrected chi connectivity index (χ3v) is 1.72. The van der Waals surface area contributed by atoms with Crippen molar-refractivity contribution in [1.29, 1.82) is 0 Å². The summed E-state index contributed by atoms with van der Waals surface area (Å²) < 4.78 is 0. The molecule has 0 aromatic rings. The summed E-state index contributed by atoms with van der Waals surface area (Å²) in [6, 6.07) is 0.703. The fourth-order valence-electron chi connectivity index (χ4n) is 0.921. The Labute approximate surface area is 72.9 Å². The fraction of sp³-hybridized carbons (Fsp3) is 0.667. The van der Waals surface area contributed by atoms with Gasteiger partial charge in [0.25, 0.3) is 0 Å². The molecule has 0 aromatic carbocycles. The molecule has 1 amide bonds. The number of carbonyl (C=O) groups is 1. The first kappa shape index (κ1) is 9.08. The minimum atomic E-state index is -0.0601. The molecule has 0 aromatic heterocycles. The summed E-state index contributed by atoms with van der Waals surface area (Å²) in [6.45, 7) is 1.53. The number of hydrogen-bond acceptors (Lipinski definition) is 2. The Morgan fingerprint density at radius 3 is 2.83 bits per heavy atom. The highest BCUT2D eigenvalue weighted by Crippen LogP contribution is 2.17. The Morgan fingerprint density at radius 2 is 2.25 bits per heavy atom. The van der Waals surface area contributed by atoms with Crippen LogP contribution >= 0.6 is 0 Å². The molecule has 0 spiro atoms. The van der Waals surface area contributed by atoms with Crippen LogP contribution in [0.15, 0.2) is 0 Å². The molecular formula is C9H14N2O. The molecule has 66 valence electrons. The van der Waals surface area contributed by atoms with Crippen molar-refractivity contribution in [2.75, 3.05) is 13.1 Å². The molecule has 0 bridgehead atoms. The van der Waals surface area contributed by atoms with Crippen molar-refractivity contribution in [3.8, 4) is 12.3 Å². The molecule has 1 aliphatic rings. The molecule has 2 N–H and O–H groups in total. The van der Waals surface area contributed by atoms with E-state index in [4.69, 9.17) is 6.42 Å². The quantitative estimate of drug-likeness (QED) is 0.441. The van der Waals surface area contributed by atoms with Crippen LogP contribution in [0.3, 0.4) is 0 Å². The van der Waals surface area contributed by atoms with Gasteiger partial charge in [0.05, 0.1) is 6.42 Å². The molecule has 1 aliphatic carbocycles. The van der Waals surface area contributed by atoms with Crippen molar-refractivity contribution < 1.29 is 4.79 Å². The van der Waals surface area contributed by atoms with Crippen LogP contribution in [0, 0.1) is 12.3 Å². The van der Waals surface area contributed by atoms with Crippen LogP contribution in [-0.2, 0) is 4.79 Å². The van der Waals surface area contributed by atoms with E-state index in [1.54, 1.807) is 0 Å². The average molecular weight is 166 g/mol. The van der Waals surface area contributed by atoms with Crippen LogP contribution in [-0.4, -0.2) is 25.0 Å². The van der Waals surface area contributed by atoms with Gasteiger partial charge in [0.15, 0.2) is 0 Å². The monoisotopic (exact) mass is 166 g/mol. The average Bonchev–Trinajstić information content (AvgIpc) is 2.82. The fourth-order valence-corrected chi connectivity index (χ4v) is 0.921. The molecule has 3 nitrogen and oxygen atoms in total. The highest BCUT2D eigenvalue weighted by Gasteiger charge is 2.19. The lowest BCUT2D eigenvalue weighted by molar-refractivity contribution is -0.120. The zero-order valence-electron chi connectivity index (χ0n) is 7.10. The molecule has 0 radical (unpaired) electrons. The van der Waals surface area contributed by atoms with Crippen LogP contribution in [0.5, 0.6) is 0 Å². The second-order valence-electron chi connectivity index (χ2n) is 2.96. The largest absolute Gasteiger partial charge is 0.354 e. The minimum Gasteiger partial charge on any atom is -0.354 e. The lowest BCUT2D eigenvalue weighted by Crippen LogP contribution is -2.32. The molecular weight excluding hydrogens is 152 g/mol. The van der Waals surface area contributed by atoms with Gasteiger partial charge in [-0.1, -0.05) is 5.92 Å². The lowest BCUT2D eigenvalue weighted by Gasteiger charge is -2.03. The summed E-state index contributed by atoms with van der Waals surface area (Å²) in [5.41, 5.74) is 0. The van der Waals surface area contributed by atoms with Gasteiger partial charge in [0.2, 0.25) is 5.91 Å². The van der Waals surface area contributed by atoms with Crippen LogP contribution < -0.4 is 10.6 Å². The van der Waals surface area contributed by atoms with Gasteiger partial charge in [0, 0.05) is 19.1 Å². The molecule has 0 atom stereocenters. The molecule has 1 fully saturated rings. The van der Waals surface area contributed by atoms with E-state index in [9.17, 15) is 4.79 Å². The number of carbonyl (C=O) groups excluding carboxylic acids is 1. The van der Waals surface area contributed by atoms with Crippen molar-refractivity contribution >= 4 is 5.91 Å². The zero-order chi connectivity index (χ0) is 8.81. The molecule has 0 aliphatic heterocycles. The third kappa shape index (κ3) is 3.99. The van der Waals surface area contributed by atoms with E-state index in [0.29, 0.717) is 12.6 Å². The van der Waals surface area contributed by atoms with Gasteiger partial charge in [-0.3, -0.25) is 4.79 Å². The number of amides is 1. The minimum absolute atomic E-state index is 0.0601. The number of hydrogen-bond donors (Lipinski definition) is 2. The van der Waals surface area contributed by atoms with Gasteiger partial charge in [0.1, 0.15) is 0 Å². The highest BCUT2D eigenvalue weighted by molar-refractivity contribution is 5.78. The van der Waals surface area contributed by atoms with E-state index in [0.717, 1.165) is 6.54 Å². The highest BCUT2D eigenvalue weighted by atomic mass is 16.1. The molecule has 0 saturated heterocycles. The summed E-state index contributed by atoms with van der Waals surface area (Å²) in [4.78, 5) is 10.8. The summed E-state index contributed by atoms with van der Waals surface area (Å²) in [7, 11) is 0. The van der Waals surface area contributed by atoms with E-state index < -0.39 is 0 Å². The van der Waals surface area contributed by atoms with Crippen LogP contribution in [0.4, 0.5) is 0 Å². The molecule has 0 unspecified atom stereocenters. The Kier molecular flexibility index (Phi) is 3.62. The Morgan fingerprint density at radius 1 is 1.50 bits per heavy atom. The Bertz CT molecular complexity index is 191. The van der Waals surface area contributed by atoms with E-state index in [1.807, 2.05) is 0 Å². The SMILES string of the molecule is C#CCC(=O)NCCNC1CC1. The van der Waals surface area contributed by atoms with Gasteiger partial charge in [-0.25, -0.2) is 0 Å². The number of terminal acetylenes is 1. The predicted octanol–water partition coefficient (Wildman–Crippen LogP) is -0.122. The number of nitrogens with one attached hydrogen (secondary N) is 2. The molecule has 12 heavy (non-hydrogen) atoms. The van der Waals surface area contributed by atoms with Gasteiger partial charge in [-0.05, 0) is 12.8 Å². The van der Waals surface area contributed by atoms with Crippen LogP contribution in [0.2, 0.25) is 0 Å². The third-order valence-electron chi connectivity index (χ3n) is 1.72. The maximum atomic E-state index is 10.8. The molecule has 3 heteroatoms. The molecule has 1 saturated carbocycles. The second kappa shape index (κ2) is 4.78. The second-order valence-corrected chi connectivity index (χ2v) is 2.96. The van der Waals surface area contributed by atoms with Crippen molar-refractivity contribution in [1.82, 2.24) is 10.6 Å². The van der Waals surface area contributed by atoms with Crippen molar-refractivity contribution in [2.45, 2.75) is 25.3 Å². The van der Waals surface area contributed by atoms with E-state index >= 15 is 0 Å². The van der Waals surface area contributed by atoms with E-state index in [1.165, 1.54) is 12.8 Å². The zero-order valence-corrected chi connectivity index (χ0v) is 7.10. The summed E-state index contributed by atoms with van der Waals surface area (Å²) in [6.07, 6.45) is 7.70. The summed E-state index contributed by atoms with van der Waals surface area (Å²) >= 11 is 0. The van der Waals surface area contributed by atoms with Crippen molar-refractivity contribution in [2.24, 2.45) is 0 Å².